The lowest BCUT2D eigenvalue weighted by Crippen LogP contribution is -2.50. The van der Waals surface area contributed by atoms with Crippen LogP contribution in [0.4, 0.5) is 4.39 Å². The van der Waals surface area contributed by atoms with Gasteiger partial charge in [-0.15, -0.1) is 0 Å². The first-order chi connectivity index (χ1) is 13.9. The topological polar surface area (TPSA) is 70.6 Å². The van der Waals surface area contributed by atoms with Crippen LogP contribution >= 0.6 is 11.6 Å². The van der Waals surface area contributed by atoms with Crippen LogP contribution in [-0.4, -0.2) is 54.7 Å². The summed E-state index contributed by atoms with van der Waals surface area (Å²) in [5.41, 5.74) is 1.11. The number of amides is 1. The number of benzene rings is 2. The molecule has 0 unspecified atom stereocenters. The largest absolute Gasteiger partial charge is 0.336 e. The summed E-state index contributed by atoms with van der Waals surface area (Å²) in [6.45, 7) is 0.773. The van der Waals surface area contributed by atoms with E-state index in [1.54, 1.807) is 23.2 Å². The van der Waals surface area contributed by atoms with Gasteiger partial charge in [-0.05, 0) is 30.3 Å². The van der Waals surface area contributed by atoms with Gasteiger partial charge in [0.2, 0.25) is 10.0 Å². The maximum atomic E-state index is 13.4. The Morgan fingerprint density at radius 3 is 2.48 bits per heavy atom. The summed E-state index contributed by atoms with van der Waals surface area (Å²) in [5, 5.41) is 0.621. The van der Waals surface area contributed by atoms with Gasteiger partial charge in [-0.1, -0.05) is 29.8 Å². The molecular formula is C20H17ClFN3O3S. The fourth-order valence-corrected chi connectivity index (χ4v) is 5.06. The van der Waals surface area contributed by atoms with E-state index < -0.39 is 15.8 Å². The van der Waals surface area contributed by atoms with Gasteiger partial charge in [0.15, 0.2) is 0 Å². The third-order valence-corrected chi connectivity index (χ3v) is 7.10. The molecule has 2 heterocycles. The van der Waals surface area contributed by atoms with Gasteiger partial charge in [-0.2, -0.15) is 4.31 Å². The van der Waals surface area contributed by atoms with E-state index in [0.29, 0.717) is 11.1 Å². The van der Waals surface area contributed by atoms with Crippen LogP contribution in [0.15, 0.2) is 59.6 Å². The molecule has 0 aliphatic carbocycles. The lowest BCUT2D eigenvalue weighted by molar-refractivity contribution is 0.0699. The monoisotopic (exact) mass is 433 g/mol. The lowest BCUT2D eigenvalue weighted by Gasteiger charge is -2.34. The Labute approximate surface area is 172 Å². The van der Waals surface area contributed by atoms with Crippen molar-refractivity contribution in [2.24, 2.45) is 0 Å². The SMILES string of the molecule is O=C(c1cccc2cccnc12)N1CCN(S(=O)(=O)c2ccc(F)c(Cl)c2)CC1. The van der Waals surface area contributed by atoms with Crippen molar-refractivity contribution in [1.29, 1.82) is 0 Å². The molecule has 4 rings (SSSR count). The summed E-state index contributed by atoms with van der Waals surface area (Å²) in [6.07, 6.45) is 1.64. The highest BCUT2D eigenvalue weighted by atomic mass is 35.5. The molecule has 0 saturated carbocycles. The Hall–Kier alpha value is -2.55. The summed E-state index contributed by atoms with van der Waals surface area (Å²) in [7, 11) is -3.82. The molecule has 0 atom stereocenters. The van der Waals surface area contributed by atoms with Crippen molar-refractivity contribution in [2.75, 3.05) is 26.2 Å². The Kier molecular flexibility index (Phi) is 5.24. The van der Waals surface area contributed by atoms with E-state index >= 15 is 0 Å². The number of hydrogen-bond acceptors (Lipinski definition) is 4. The zero-order chi connectivity index (χ0) is 20.6. The van der Waals surface area contributed by atoms with Crippen molar-refractivity contribution in [3.63, 3.8) is 0 Å². The number of para-hydroxylation sites is 1. The number of pyridine rings is 1. The predicted molar refractivity (Wildman–Crippen MR) is 108 cm³/mol. The standard InChI is InChI=1S/C20H17ClFN3O3S/c21-17-13-15(6-7-18(17)22)29(27,28)25-11-9-24(10-12-25)20(26)16-5-1-3-14-4-2-8-23-19(14)16/h1-8,13H,9-12H2. The van der Waals surface area contributed by atoms with Crippen LogP contribution in [0.25, 0.3) is 10.9 Å². The molecule has 1 aliphatic heterocycles. The highest BCUT2D eigenvalue weighted by Crippen LogP contribution is 2.24. The van der Waals surface area contributed by atoms with Gasteiger partial charge >= 0.3 is 0 Å². The smallest absolute Gasteiger partial charge is 0.256 e. The molecule has 0 N–H and O–H groups in total. The van der Waals surface area contributed by atoms with E-state index in [1.807, 2.05) is 18.2 Å². The summed E-state index contributed by atoms with van der Waals surface area (Å²) >= 11 is 5.72. The highest BCUT2D eigenvalue weighted by molar-refractivity contribution is 7.89. The molecule has 0 bridgehead atoms. The fourth-order valence-electron chi connectivity index (χ4n) is 3.37. The zero-order valence-electron chi connectivity index (χ0n) is 15.3. The van der Waals surface area contributed by atoms with Gasteiger partial charge in [0, 0.05) is 37.8 Å². The van der Waals surface area contributed by atoms with Crippen LogP contribution in [-0.2, 0) is 10.0 Å². The minimum Gasteiger partial charge on any atom is -0.336 e. The van der Waals surface area contributed by atoms with Crippen molar-refractivity contribution in [2.45, 2.75) is 4.90 Å². The summed E-state index contributed by atoms with van der Waals surface area (Å²) in [5.74, 6) is -0.860. The maximum absolute atomic E-state index is 13.4. The predicted octanol–water partition coefficient (Wildman–Crippen LogP) is 3.17. The molecule has 1 fully saturated rings. The number of halogens is 2. The van der Waals surface area contributed by atoms with E-state index in [0.717, 1.165) is 17.5 Å². The second-order valence-electron chi connectivity index (χ2n) is 6.65. The van der Waals surface area contributed by atoms with Gasteiger partial charge in [-0.3, -0.25) is 9.78 Å². The Bertz CT molecular complexity index is 1190. The van der Waals surface area contributed by atoms with Crippen molar-refractivity contribution < 1.29 is 17.6 Å². The number of sulfonamides is 1. The normalized spacial score (nSPS) is 15.6. The average Bonchev–Trinajstić information content (AvgIpc) is 2.74. The van der Waals surface area contributed by atoms with Gasteiger partial charge in [0.1, 0.15) is 5.82 Å². The molecule has 6 nitrogen and oxygen atoms in total. The number of piperazine rings is 1. The first kappa shape index (κ1) is 19.8. The van der Waals surface area contributed by atoms with Crippen LogP contribution in [0, 0.1) is 5.82 Å². The van der Waals surface area contributed by atoms with Gasteiger partial charge in [0.25, 0.3) is 5.91 Å². The average molecular weight is 434 g/mol. The number of hydrogen-bond donors (Lipinski definition) is 0. The molecule has 0 spiro atoms. The molecule has 3 aromatic rings. The summed E-state index contributed by atoms with van der Waals surface area (Å²) < 4.78 is 40.2. The molecule has 2 aromatic carbocycles. The van der Waals surface area contributed by atoms with E-state index in [4.69, 9.17) is 11.6 Å². The number of fused-ring (bicyclic) bond motifs is 1. The molecule has 29 heavy (non-hydrogen) atoms. The second kappa shape index (κ2) is 7.70. The number of carbonyl (C=O) groups is 1. The van der Waals surface area contributed by atoms with E-state index in [-0.39, 0.29) is 42.0 Å². The minimum absolute atomic E-state index is 0.0677. The van der Waals surface area contributed by atoms with Crippen LogP contribution < -0.4 is 0 Å². The van der Waals surface area contributed by atoms with Crippen molar-refractivity contribution in [3.05, 3.63) is 71.1 Å². The highest BCUT2D eigenvalue weighted by Gasteiger charge is 2.31. The van der Waals surface area contributed by atoms with Crippen molar-refractivity contribution >= 4 is 38.4 Å². The first-order valence-corrected chi connectivity index (χ1v) is 10.8. The number of nitrogens with zero attached hydrogens (tertiary/aromatic N) is 3. The van der Waals surface area contributed by atoms with Gasteiger partial charge in [-0.25, -0.2) is 12.8 Å². The van der Waals surface area contributed by atoms with Gasteiger partial charge < -0.3 is 4.90 Å². The fraction of sp³-hybridized carbons (Fsp3) is 0.200. The number of aromatic nitrogens is 1. The van der Waals surface area contributed by atoms with E-state index in [2.05, 4.69) is 4.98 Å². The minimum atomic E-state index is -3.82. The maximum Gasteiger partial charge on any atom is 0.256 e. The van der Waals surface area contributed by atoms with Crippen LogP contribution in [0.2, 0.25) is 5.02 Å². The molecule has 1 saturated heterocycles. The third kappa shape index (κ3) is 3.71. The number of rotatable bonds is 3. The Morgan fingerprint density at radius 1 is 1.03 bits per heavy atom. The molecule has 0 radical (unpaired) electrons. The first-order valence-electron chi connectivity index (χ1n) is 8.96. The molecule has 150 valence electrons. The van der Waals surface area contributed by atoms with Crippen LogP contribution in [0.5, 0.6) is 0 Å². The van der Waals surface area contributed by atoms with E-state index in [1.165, 1.54) is 10.4 Å². The van der Waals surface area contributed by atoms with Crippen molar-refractivity contribution in [1.82, 2.24) is 14.2 Å². The number of carbonyl (C=O) groups excluding carboxylic acids is 1. The van der Waals surface area contributed by atoms with Gasteiger partial charge in [0.05, 0.1) is 21.0 Å². The second-order valence-corrected chi connectivity index (χ2v) is 9.00. The molecule has 9 heteroatoms. The summed E-state index contributed by atoms with van der Waals surface area (Å²) in [4.78, 5) is 18.8. The quantitative estimate of drug-likeness (QED) is 0.636. The third-order valence-electron chi connectivity index (χ3n) is 4.92. The molecule has 1 amide bonds. The molecular weight excluding hydrogens is 417 g/mol. The Balaban J connectivity index is 1.51. The van der Waals surface area contributed by atoms with E-state index in [9.17, 15) is 17.6 Å². The molecule has 1 aromatic heterocycles. The zero-order valence-corrected chi connectivity index (χ0v) is 16.8. The molecule has 1 aliphatic rings. The lowest BCUT2D eigenvalue weighted by atomic mass is 10.1. The Morgan fingerprint density at radius 2 is 1.76 bits per heavy atom. The van der Waals surface area contributed by atoms with Crippen LogP contribution in [0.3, 0.4) is 0 Å². The summed E-state index contributed by atoms with van der Waals surface area (Å²) in [6, 6.07) is 12.4. The van der Waals surface area contributed by atoms with Crippen LogP contribution in [0.1, 0.15) is 10.4 Å². The van der Waals surface area contributed by atoms with Crippen molar-refractivity contribution in [3.8, 4) is 0 Å².